The Kier molecular flexibility index (Phi) is 5.74. The van der Waals surface area contributed by atoms with E-state index in [-0.39, 0.29) is 11.7 Å². The Morgan fingerprint density at radius 2 is 1.63 bits per heavy atom. The number of hydrogen-bond donors (Lipinski definition) is 0. The van der Waals surface area contributed by atoms with Crippen LogP contribution in [0.15, 0.2) is 54.6 Å². The third kappa shape index (κ3) is 4.17. The fourth-order valence-electron chi connectivity index (χ4n) is 3.83. The van der Waals surface area contributed by atoms with Gasteiger partial charge in [-0.2, -0.15) is 0 Å². The normalized spacial score (nSPS) is 14.1. The second-order valence-corrected chi connectivity index (χ2v) is 7.56. The lowest BCUT2D eigenvalue weighted by Crippen LogP contribution is -2.48. The first kappa shape index (κ1) is 20.0. The molecule has 0 N–H and O–H groups in total. The van der Waals surface area contributed by atoms with Crippen molar-refractivity contribution < 1.29 is 9.18 Å². The summed E-state index contributed by atoms with van der Waals surface area (Å²) in [4.78, 5) is 25.4. The first-order valence-electron chi connectivity index (χ1n) is 10.2. The first-order chi connectivity index (χ1) is 14.5. The van der Waals surface area contributed by atoms with E-state index >= 15 is 0 Å². The van der Waals surface area contributed by atoms with Gasteiger partial charge in [-0.3, -0.25) is 4.79 Å². The van der Waals surface area contributed by atoms with Gasteiger partial charge in [-0.25, -0.2) is 14.4 Å². The van der Waals surface area contributed by atoms with Gasteiger partial charge < -0.3 is 9.80 Å². The van der Waals surface area contributed by atoms with E-state index < -0.39 is 0 Å². The van der Waals surface area contributed by atoms with E-state index in [2.05, 4.69) is 4.90 Å². The van der Waals surface area contributed by atoms with Crippen molar-refractivity contribution in [3.63, 3.8) is 0 Å². The zero-order valence-corrected chi connectivity index (χ0v) is 17.3. The number of hydrogen-bond acceptors (Lipinski definition) is 4. The highest BCUT2D eigenvalue weighted by atomic mass is 19.1. The molecule has 5 nitrogen and oxygen atoms in total. The van der Waals surface area contributed by atoms with Crippen molar-refractivity contribution in [3.8, 4) is 11.4 Å². The monoisotopic (exact) mass is 404 g/mol. The number of anilines is 1. The minimum atomic E-state index is -0.226. The fraction of sp³-hybridized carbons (Fsp3) is 0.292. The van der Waals surface area contributed by atoms with Crippen molar-refractivity contribution in [1.29, 1.82) is 0 Å². The second kappa shape index (κ2) is 8.61. The molecule has 1 fully saturated rings. The SMILES string of the molecule is CC(=O)N1CCN(c2nc(-c3ccccc3)nc(C)c2Cc2ccccc2F)CC1. The zero-order chi connectivity index (χ0) is 21.1. The number of rotatable bonds is 4. The predicted molar refractivity (Wildman–Crippen MR) is 116 cm³/mol. The van der Waals surface area contributed by atoms with Crippen LogP contribution in [0.3, 0.4) is 0 Å². The standard InChI is InChI=1S/C24H25FN4O/c1-17-21(16-20-10-6-7-11-22(20)25)24(29-14-12-28(13-15-29)18(2)30)27-23(26-17)19-8-4-3-5-9-19/h3-11H,12-16H2,1-2H3. The van der Waals surface area contributed by atoms with Gasteiger partial charge in [-0.1, -0.05) is 48.5 Å². The molecule has 1 aliphatic rings. The number of halogens is 1. The first-order valence-corrected chi connectivity index (χ1v) is 10.2. The van der Waals surface area contributed by atoms with E-state index in [1.54, 1.807) is 19.1 Å². The summed E-state index contributed by atoms with van der Waals surface area (Å²) in [5, 5.41) is 0. The Morgan fingerprint density at radius 1 is 0.967 bits per heavy atom. The molecule has 1 saturated heterocycles. The second-order valence-electron chi connectivity index (χ2n) is 7.56. The highest BCUT2D eigenvalue weighted by molar-refractivity contribution is 5.73. The van der Waals surface area contributed by atoms with Gasteiger partial charge >= 0.3 is 0 Å². The molecule has 0 atom stereocenters. The summed E-state index contributed by atoms with van der Waals surface area (Å²) in [5.74, 6) is 1.35. The number of benzene rings is 2. The summed E-state index contributed by atoms with van der Waals surface area (Å²) < 4.78 is 14.4. The van der Waals surface area contributed by atoms with Crippen LogP contribution < -0.4 is 4.90 Å². The van der Waals surface area contributed by atoms with Gasteiger partial charge in [0.05, 0.1) is 0 Å². The van der Waals surface area contributed by atoms with Crippen LogP contribution in [-0.4, -0.2) is 47.0 Å². The van der Waals surface area contributed by atoms with Crippen LogP contribution in [0.4, 0.5) is 10.2 Å². The molecule has 30 heavy (non-hydrogen) atoms. The van der Waals surface area contributed by atoms with Crippen molar-refractivity contribution in [1.82, 2.24) is 14.9 Å². The van der Waals surface area contributed by atoms with Gasteiger partial charge in [0.1, 0.15) is 11.6 Å². The number of nitrogens with zero attached hydrogens (tertiary/aromatic N) is 4. The summed E-state index contributed by atoms with van der Waals surface area (Å²) in [7, 11) is 0. The maximum atomic E-state index is 14.4. The van der Waals surface area contributed by atoms with Gasteiger partial charge in [0.25, 0.3) is 0 Å². The topological polar surface area (TPSA) is 49.3 Å². The number of carbonyl (C=O) groups is 1. The lowest BCUT2D eigenvalue weighted by atomic mass is 10.0. The molecule has 1 aromatic heterocycles. The Morgan fingerprint density at radius 3 is 2.30 bits per heavy atom. The number of aryl methyl sites for hydroxylation is 1. The van der Waals surface area contributed by atoms with Crippen LogP contribution in [0, 0.1) is 12.7 Å². The maximum absolute atomic E-state index is 14.4. The molecular weight excluding hydrogens is 379 g/mol. The Hall–Kier alpha value is -3.28. The number of carbonyl (C=O) groups excluding carboxylic acids is 1. The Bertz CT molecular complexity index is 1050. The minimum Gasteiger partial charge on any atom is -0.353 e. The lowest BCUT2D eigenvalue weighted by molar-refractivity contribution is -0.129. The molecule has 3 aromatic rings. The molecule has 2 heterocycles. The van der Waals surface area contributed by atoms with Gasteiger partial charge in [0, 0.05) is 56.3 Å². The molecule has 2 aromatic carbocycles. The minimum absolute atomic E-state index is 0.0880. The number of amides is 1. The maximum Gasteiger partial charge on any atom is 0.219 e. The van der Waals surface area contributed by atoms with Crippen LogP contribution in [0.1, 0.15) is 23.7 Å². The Labute approximate surface area is 176 Å². The van der Waals surface area contributed by atoms with Crippen LogP contribution >= 0.6 is 0 Å². The molecule has 0 spiro atoms. The number of piperazine rings is 1. The molecular formula is C24H25FN4O. The fourth-order valence-corrected chi connectivity index (χ4v) is 3.83. The van der Waals surface area contributed by atoms with E-state index in [1.807, 2.05) is 48.2 Å². The highest BCUT2D eigenvalue weighted by Gasteiger charge is 2.24. The Balaban J connectivity index is 1.75. The van der Waals surface area contributed by atoms with Crippen molar-refractivity contribution >= 4 is 11.7 Å². The van der Waals surface area contributed by atoms with Crippen molar-refractivity contribution in [2.24, 2.45) is 0 Å². The molecule has 1 amide bonds. The van der Waals surface area contributed by atoms with Crippen molar-refractivity contribution in [3.05, 3.63) is 77.2 Å². The van der Waals surface area contributed by atoms with E-state index in [1.165, 1.54) is 6.07 Å². The van der Waals surface area contributed by atoms with Crippen LogP contribution in [-0.2, 0) is 11.2 Å². The molecule has 0 unspecified atom stereocenters. The molecule has 0 aliphatic carbocycles. The lowest BCUT2D eigenvalue weighted by Gasteiger charge is -2.36. The summed E-state index contributed by atoms with van der Waals surface area (Å²) in [6, 6.07) is 16.7. The average Bonchev–Trinajstić information content (AvgIpc) is 2.77. The van der Waals surface area contributed by atoms with E-state index in [0.29, 0.717) is 44.0 Å². The van der Waals surface area contributed by atoms with E-state index in [0.717, 1.165) is 22.6 Å². The average molecular weight is 404 g/mol. The summed E-state index contributed by atoms with van der Waals surface area (Å²) in [6.07, 6.45) is 0.426. The molecule has 0 bridgehead atoms. The van der Waals surface area contributed by atoms with Crippen molar-refractivity contribution in [2.75, 3.05) is 31.1 Å². The van der Waals surface area contributed by atoms with Crippen LogP contribution in [0.2, 0.25) is 0 Å². The highest BCUT2D eigenvalue weighted by Crippen LogP contribution is 2.28. The third-order valence-corrected chi connectivity index (χ3v) is 5.57. The molecule has 4 rings (SSSR count). The van der Waals surface area contributed by atoms with E-state index in [4.69, 9.17) is 9.97 Å². The quantitative estimate of drug-likeness (QED) is 0.663. The van der Waals surface area contributed by atoms with Crippen LogP contribution in [0.25, 0.3) is 11.4 Å². The summed E-state index contributed by atoms with van der Waals surface area (Å²) in [5.41, 5.74) is 3.34. The summed E-state index contributed by atoms with van der Waals surface area (Å²) in [6.45, 7) is 6.24. The smallest absolute Gasteiger partial charge is 0.219 e. The van der Waals surface area contributed by atoms with Gasteiger partial charge in [0.15, 0.2) is 5.82 Å². The number of aromatic nitrogens is 2. The van der Waals surface area contributed by atoms with Gasteiger partial charge in [0.2, 0.25) is 5.91 Å². The zero-order valence-electron chi connectivity index (χ0n) is 17.3. The molecule has 154 valence electrons. The molecule has 0 radical (unpaired) electrons. The van der Waals surface area contributed by atoms with Gasteiger partial charge in [-0.05, 0) is 18.6 Å². The summed E-state index contributed by atoms with van der Waals surface area (Å²) >= 11 is 0. The molecule has 6 heteroatoms. The molecule has 0 saturated carbocycles. The third-order valence-electron chi connectivity index (χ3n) is 5.57. The van der Waals surface area contributed by atoms with E-state index in [9.17, 15) is 9.18 Å². The van der Waals surface area contributed by atoms with Gasteiger partial charge in [-0.15, -0.1) is 0 Å². The predicted octanol–water partition coefficient (Wildman–Crippen LogP) is 3.85. The largest absolute Gasteiger partial charge is 0.353 e. The van der Waals surface area contributed by atoms with Crippen molar-refractivity contribution in [2.45, 2.75) is 20.3 Å². The molecule has 1 aliphatic heterocycles. The van der Waals surface area contributed by atoms with Crippen LogP contribution in [0.5, 0.6) is 0 Å².